The van der Waals surface area contributed by atoms with Crippen LogP contribution in [0.2, 0.25) is 0 Å². The van der Waals surface area contributed by atoms with Crippen LogP contribution in [0.3, 0.4) is 0 Å². The minimum Gasteiger partial charge on any atom is -0.456 e. The van der Waals surface area contributed by atoms with Crippen molar-refractivity contribution in [2.45, 2.75) is 0 Å². The Hall–Kier alpha value is -6.58. The van der Waals surface area contributed by atoms with Crippen molar-refractivity contribution in [3.63, 3.8) is 0 Å². The van der Waals surface area contributed by atoms with Crippen molar-refractivity contribution in [3.05, 3.63) is 182 Å². The van der Waals surface area contributed by atoms with Gasteiger partial charge in [-0.3, -0.25) is 0 Å². The van der Waals surface area contributed by atoms with Crippen molar-refractivity contribution >= 4 is 71.6 Å². The van der Waals surface area contributed by atoms with Gasteiger partial charge in [0.15, 0.2) is 0 Å². The minimum absolute atomic E-state index is 0.873. The summed E-state index contributed by atoms with van der Waals surface area (Å²) in [6.45, 7) is 0. The number of rotatable bonds is 5. The summed E-state index contributed by atoms with van der Waals surface area (Å²) in [6.07, 6.45) is 0. The molecule has 0 aliphatic carbocycles. The highest BCUT2D eigenvalue weighted by atomic mass is 16.3. The van der Waals surface area contributed by atoms with Crippen molar-refractivity contribution in [2.75, 3.05) is 4.90 Å². The molecule has 0 aliphatic rings. The number of nitrogens with zero attached hydrogens (tertiary/aromatic N) is 2. The highest BCUT2D eigenvalue weighted by molar-refractivity contribution is 6.24. The lowest BCUT2D eigenvalue weighted by Crippen LogP contribution is -2.11. The normalized spacial score (nSPS) is 11.7. The van der Waals surface area contributed by atoms with Crippen LogP contribution in [0.25, 0.3) is 71.3 Å². The first-order valence-corrected chi connectivity index (χ1v) is 16.7. The van der Waals surface area contributed by atoms with E-state index in [0.29, 0.717) is 0 Å². The van der Waals surface area contributed by atoms with Gasteiger partial charge in [-0.1, -0.05) is 127 Å². The van der Waals surface area contributed by atoms with Gasteiger partial charge in [-0.15, -0.1) is 0 Å². The van der Waals surface area contributed by atoms with Crippen molar-refractivity contribution in [2.24, 2.45) is 0 Å². The molecule has 0 radical (unpaired) electrons. The molecule has 10 rings (SSSR count). The Morgan fingerprint density at radius 2 is 1.08 bits per heavy atom. The lowest BCUT2D eigenvalue weighted by molar-refractivity contribution is 0.669. The zero-order valence-corrected chi connectivity index (χ0v) is 26.6. The number of anilines is 3. The van der Waals surface area contributed by atoms with Gasteiger partial charge in [0.1, 0.15) is 11.2 Å². The van der Waals surface area contributed by atoms with Crippen LogP contribution in [0.5, 0.6) is 0 Å². The molecule has 0 saturated carbocycles. The molecule has 49 heavy (non-hydrogen) atoms. The monoisotopic (exact) mass is 626 g/mol. The second-order valence-corrected chi connectivity index (χ2v) is 12.5. The maximum Gasteiger partial charge on any atom is 0.138 e. The molecule has 8 aromatic carbocycles. The van der Waals surface area contributed by atoms with Gasteiger partial charge in [-0.25, -0.2) is 0 Å². The quantitative estimate of drug-likeness (QED) is 0.190. The summed E-state index contributed by atoms with van der Waals surface area (Å²) in [4.78, 5) is 2.48. The average Bonchev–Trinajstić information content (AvgIpc) is 3.71. The highest BCUT2D eigenvalue weighted by Gasteiger charge is 2.26. The fraction of sp³-hybridized carbons (Fsp3) is 0. The van der Waals surface area contributed by atoms with Crippen molar-refractivity contribution in [1.82, 2.24) is 4.57 Å². The molecule has 0 fully saturated rings. The molecular weight excluding hydrogens is 597 g/mol. The summed E-state index contributed by atoms with van der Waals surface area (Å²) in [5.74, 6) is 0. The summed E-state index contributed by atoms with van der Waals surface area (Å²) >= 11 is 0. The topological polar surface area (TPSA) is 21.3 Å². The lowest BCUT2D eigenvalue weighted by atomic mass is 9.99. The molecule has 0 amide bonds. The van der Waals surface area contributed by atoms with E-state index in [1.807, 2.05) is 6.07 Å². The van der Waals surface area contributed by atoms with Crippen LogP contribution in [0.4, 0.5) is 17.1 Å². The van der Waals surface area contributed by atoms with Gasteiger partial charge in [0.05, 0.1) is 27.8 Å². The molecule has 0 N–H and O–H groups in total. The van der Waals surface area contributed by atoms with Crippen LogP contribution in [0, 0.1) is 0 Å². The zero-order chi connectivity index (χ0) is 32.3. The smallest absolute Gasteiger partial charge is 0.138 e. The van der Waals surface area contributed by atoms with E-state index in [-0.39, 0.29) is 0 Å². The molecular formula is C46H30N2O. The summed E-state index contributed by atoms with van der Waals surface area (Å²) in [6, 6.07) is 65.0. The first-order valence-electron chi connectivity index (χ1n) is 16.7. The fourth-order valence-electron chi connectivity index (χ4n) is 7.64. The maximum atomic E-state index is 6.61. The first kappa shape index (κ1) is 27.5. The minimum atomic E-state index is 0.873. The molecule has 0 unspecified atom stereocenters. The second kappa shape index (κ2) is 11.0. The molecule has 10 aromatic rings. The summed E-state index contributed by atoms with van der Waals surface area (Å²) in [5.41, 5.74) is 10.8. The van der Waals surface area contributed by atoms with Gasteiger partial charge in [0, 0.05) is 32.9 Å². The van der Waals surface area contributed by atoms with E-state index < -0.39 is 0 Å². The number of hydrogen-bond acceptors (Lipinski definition) is 2. The van der Waals surface area contributed by atoms with E-state index >= 15 is 0 Å². The predicted molar refractivity (Wildman–Crippen MR) is 206 cm³/mol. The molecule has 2 heterocycles. The van der Waals surface area contributed by atoms with Gasteiger partial charge in [-0.05, 0) is 71.1 Å². The Balaban J connectivity index is 1.38. The Morgan fingerprint density at radius 1 is 0.429 bits per heavy atom. The van der Waals surface area contributed by atoms with E-state index in [1.165, 1.54) is 21.9 Å². The lowest BCUT2D eigenvalue weighted by Gasteiger charge is -2.29. The molecule has 2 aromatic heterocycles. The van der Waals surface area contributed by atoms with Crippen LogP contribution < -0.4 is 4.90 Å². The van der Waals surface area contributed by atoms with Crippen LogP contribution in [-0.2, 0) is 0 Å². The Bertz CT molecular complexity index is 2830. The van der Waals surface area contributed by atoms with Crippen molar-refractivity contribution in [1.29, 1.82) is 0 Å². The van der Waals surface area contributed by atoms with E-state index in [9.17, 15) is 0 Å². The summed E-state index contributed by atoms with van der Waals surface area (Å²) in [7, 11) is 0. The van der Waals surface area contributed by atoms with Crippen molar-refractivity contribution in [3.8, 4) is 16.8 Å². The van der Waals surface area contributed by atoms with Gasteiger partial charge in [-0.2, -0.15) is 0 Å². The average molecular weight is 627 g/mol. The van der Waals surface area contributed by atoms with Crippen LogP contribution in [0.1, 0.15) is 0 Å². The van der Waals surface area contributed by atoms with E-state index in [1.54, 1.807) is 0 Å². The number of hydrogen-bond donors (Lipinski definition) is 0. The third-order valence-electron chi connectivity index (χ3n) is 9.73. The number of furan rings is 1. The van der Waals surface area contributed by atoms with Gasteiger partial charge in [0.2, 0.25) is 0 Å². The van der Waals surface area contributed by atoms with E-state index in [2.05, 4.69) is 185 Å². The SMILES string of the molecule is c1ccc(-c2cccc(N(c3c4ccccc4cc4oc5ccccc5c34)c3cccc4c3c3ccccc3n4-c3ccccc3)c2)cc1. The molecule has 0 spiro atoms. The third kappa shape index (κ3) is 4.29. The van der Waals surface area contributed by atoms with E-state index in [4.69, 9.17) is 4.42 Å². The summed E-state index contributed by atoms with van der Waals surface area (Å²) in [5, 5.41) is 6.89. The predicted octanol–water partition coefficient (Wildman–Crippen LogP) is 13.0. The van der Waals surface area contributed by atoms with Crippen LogP contribution in [-0.4, -0.2) is 4.57 Å². The number of benzene rings is 8. The summed E-state index contributed by atoms with van der Waals surface area (Å²) < 4.78 is 8.99. The molecule has 0 saturated heterocycles. The zero-order valence-electron chi connectivity index (χ0n) is 26.6. The highest BCUT2D eigenvalue weighted by Crippen LogP contribution is 2.50. The maximum absolute atomic E-state index is 6.61. The third-order valence-corrected chi connectivity index (χ3v) is 9.73. The largest absolute Gasteiger partial charge is 0.456 e. The second-order valence-electron chi connectivity index (χ2n) is 12.5. The first-order chi connectivity index (χ1) is 24.3. The standard InChI is InChI=1S/C46H30N2O/c1-3-15-31(16-4-1)32-18-13-21-35(29-32)48(46-36-22-8-7-17-33(36)30-43-45(46)38-24-10-12-28-42(38)49-43)41-27-14-26-40-44(41)37-23-9-11-25-39(37)47(40)34-19-5-2-6-20-34/h1-30H. The number of fused-ring (bicyclic) bond motifs is 7. The Morgan fingerprint density at radius 3 is 1.94 bits per heavy atom. The van der Waals surface area contributed by atoms with Gasteiger partial charge < -0.3 is 13.9 Å². The molecule has 0 atom stereocenters. The van der Waals surface area contributed by atoms with Crippen LogP contribution in [0.15, 0.2) is 186 Å². The Kier molecular flexibility index (Phi) is 6.18. The Labute approximate surface area is 283 Å². The molecule has 0 aliphatic heterocycles. The molecule has 3 heteroatoms. The molecule has 3 nitrogen and oxygen atoms in total. The van der Waals surface area contributed by atoms with Gasteiger partial charge >= 0.3 is 0 Å². The number of aromatic nitrogens is 1. The van der Waals surface area contributed by atoms with Crippen molar-refractivity contribution < 1.29 is 4.42 Å². The number of para-hydroxylation sites is 3. The van der Waals surface area contributed by atoms with Gasteiger partial charge in [0.25, 0.3) is 0 Å². The van der Waals surface area contributed by atoms with E-state index in [0.717, 1.165) is 66.5 Å². The van der Waals surface area contributed by atoms with Crippen LogP contribution >= 0.6 is 0 Å². The molecule has 230 valence electrons. The molecule has 0 bridgehead atoms. The fourth-order valence-corrected chi connectivity index (χ4v) is 7.64.